The van der Waals surface area contributed by atoms with E-state index in [2.05, 4.69) is 0 Å². The number of nitrogen functional groups attached to an aromatic ring is 1. The maximum Gasteiger partial charge on any atom is 0.0606 e. The maximum absolute atomic E-state index is 9.10. The van der Waals surface area contributed by atoms with Gasteiger partial charge in [-0.2, -0.15) is 0 Å². The highest BCUT2D eigenvalue weighted by molar-refractivity contribution is 6.15. The number of hydrogen-bond donors (Lipinski definition) is 3. The van der Waals surface area contributed by atoms with Crippen LogP contribution in [0.5, 0.6) is 0 Å². The van der Waals surface area contributed by atoms with Crippen molar-refractivity contribution in [1.82, 2.24) is 4.09 Å². The third-order valence-electron chi connectivity index (χ3n) is 3.11. The predicted molar refractivity (Wildman–Crippen MR) is 81.9 cm³/mol. The Hall–Kier alpha value is -1.69. The molecule has 2 rings (SSSR count). The zero-order valence-corrected chi connectivity index (χ0v) is 11.8. The molecule has 1 heterocycles. The summed E-state index contributed by atoms with van der Waals surface area (Å²) in [4.78, 5) is 1.90. The van der Waals surface area contributed by atoms with Crippen molar-refractivity contribution < 1.29 is 10.2 Å². The lowest BCUT2D eigenvalue weighted by molar-refractivity contribution is 0.281. The molecule has 0 unspecified atom stereocenters. The average Bonchev–Trinajstić information content (AvgIpc) is 2.86. The Balaban J connectivity index is 2.36. The fraction of sp³-hybridized carbons (Fsp3) is 0.286. The first-order chi connectivity index (χ1) is 9.65. The van der Waals surface area contributed by atoms with Gasteiger partial charge in [-0.3, -0.25) is 4.09 Å². The fourth-order valence-electron chi connectivity index (χ4n) is 2.13. The number of aliphatic hydroxyl groups excluding tert-OH is 2. The van der Waals surface area contributed by atoms with Gasteiger partial charge in [-0.25, -0.2) is 0 Å². The Kier molecular flexibility index (Phi) is 4.89. The molecule has 2 aromatic rings. The summed E-state index contributed by atoms with van der Waals surface area (Å²) >= 11 is 5.86. The molecule has 0 saturated heterocycles. The SMILES string of the molecule is Nc1ccc(N(CCO)CCO)cc1-c1ccn(Cl)c1. The number of aliphatic hydroxyl groups is 2. The van der Waals surface area contributed by atoms with Gasteiger partial charge in [0.05, 0.1) is 13.2 Å². The van der Waals surface area contributed by atoms with Gasteiger partial charge in [-0.05, 0) is 24.3 Å². The lowest BCUT2D eigenvalue weighted by Gasteiger charge is -2.24. The van der Waals surface area contributed by atoms with Crippen LogP contribution >= 0.6 is 11.8 Å². The Bertz CT molecular complexity index is 565. The zero-order chi connectivity index (χ0) is 14.5. The molecule has 0 radical (unpaired) electrons. The molecule has 0 aliphatic carbocycles. The van der Waals surface area contributed by atoms with E-state index in [4.69, 9.17) is 27.7 Å². The topological polar surface area (TPSA) is 74.7 Å². The van der Waals surface area contributed by atoms with Crippen LogP contribution in [-0.2, 0) is 0 Å². The highest BCUT2D eigenvalue weighted by Crippen LogP contribution is 2.30. The normalized spacial score (nSPS) is 10.8. The van der Waals surface area contributed by atoms with E-state index in [1.165, 1.54) is 4.09 Å². The zero-order valence-electron chi connectivity index (χ0n) is 11.0. The summed E-state index contributed by atoms with van der Waals surface area (Å²) in [7, 11) is 0. The Morgan fingerprint density at radius 1 is 1.15 bits per heavy atom. The number of rotatable bonds is 6. The van der Waals surface area contributed by atoms with Crippen LogP contribution in [0, 0.1) is 0 Å². The first-order valence-corrected chi connectivity index (χ1v) is 6.70. The van der Waals surface area contributed by atoms with Crippen LogP contribution in [-0.4, -0.2) is 40.6 Å². The van der Waals surface area contributed by atoms with E-state index in [9.17, 15) is 0 Å². The van der Waals surface area contributed by atoms with Gasteiger partial charge in [0.2, 0.25) is 0 Å². The predicted octanol–water partition coefficient (Wildman–Crippen LogP) is 1.53. The van der Waals surface area contributed by atoms with Gasteiger partial charge >= 0.3 is 0 Å². The monoisotopic (exact) mass is 295 g/mol. The summed E-state index contributed by atoms with van der Waals surface area (Å²) in [6.07, 6.45) is 3.52. The maximum atomic E-state index is 9.10. The molecule has 6 heteroatoms. The second-order valence-electron chi connectivity index (χ2n) is 4.45. The molecule has 0 aliphatic heterocycles. The van der Waals surface area contributed by atoms with Crippen LogP contribution in [0.4, 0.5) is 11.4 Å². The summed E-state index contributed by atoms with van der Waals surface area (Å²) in [5, 5.41) is 18.2. The molecule has 1 aromatic heterocycles. The van der Waals surface area contributed by atoms with Gasteiger partial charge < -0.3 is 20.8 Å². The molecule has 0 aliphatic rings. The lowest BCUT2D eigenvalue weighted by atomic mass is 10.1. The summed E-state index contributed by atoms with van der Waals surface area (Å²) < 4.78 is 1.45. The minimum atomic E-state index is 0.0256. The van der Waals surface area contributed by atoms with Crippen molar-refractivity contribution in [2.45, 2.75) is 0 Å². The quantitative estimate of drug-likeness (QED) is 0.707. The minimum absolute atomic E-state index is 0.0256. The molecule has 0 bridgehead atoms. The molecule has 1 aromatic carbocycles. The van der Waals surface area contributed by atoms with Crippen molar-refractivity contribution >= 4 is 23.2 Å². The van der Waals surface area contributed by atoms with Gasteiger partial charge in [0.25, 0.3) is 0 Å². The van der Waals surface area contributed by atoms with Crippen molar-refractivity contribution in [3.63, 3.8) is 0 Å². The van der Waals surface area contributed by atoms with Gasteiger partial charge in [0, 0.05) is 59.8 Å². The molecular formula is C14H18ClN3O2. The van der Waals surface area contributed by atoms with E-state index in [0.717, 1.165) is 16.8 Å². The van der Waals surface area contributed by atoms with E-state index < -0.39 is 0 Å². The smallest absolute Gasteiger partial charge is 0.0606 e. The van der Waals surface area contributed by atoms with Crippen LogP contribution < -0.4 is 10.6 Å². The van der Waals surface area contributed by atoms with Gasteiger partial charge in [0.15, 0.2) is 0 Å². The number of nitrogens with two attached hydrogens (primary N) is 1. The summed E-state index contributed by atoms with van der Waals surface area (Å²) in [6, 6.07) is 7.51. The van der Waals surface area contributed by atoms with E-state index in [0.29, 0.717) is 18.8 Å². The van der Waals surface area contributed by atoms with Crippen LogP contribution in [0.25, 0.3) is 11.1 Å². The van der Waals surface area contributed by atoms with Crippen molar-refractivity contribution in [3.8, 4) is 11.1 Å². The highest BCUT2D eigenvalue weighted by atomic mass is 35.5. The van der Waals surface area contributed by atoms with Crippen LogP contribution in [0.2, 0.25) is 0 Å². The molecule has 0 amide bonds. The van der Waals surface area contributed by atoms with Crippen LogP contribution in [0.3, 0.4) is 0 Å². The third kappa shape index (κ3) is 3.25. The molecular weight excluding hydrogens is 278 g/mol. The van der Waals surface area contributed by atoms with Crippen LogP contribution in [0.15, 0.2) is 36.7 Å². The van der Waals surface area contributed by atoms with E-state index in [1.54, 1.807) is 12.4 Å². The largest absolute Gasteiger partial charge is 0.398 e. The van der Waals surface area contributed by atoms with Crippen molar-refractivity contribution in [2.75, 3.05) is 36.9 Å². The van der Waals surface area contributed by atoms with Gasteiger partial charge in [0.1, 0.15) is 0 Å². The molecule has 20 heavy (non-hydrogen) atoms. The first-order valence-electron chi connectivity index (χ1n) is 6.36. The lowest BCUT2D eigenvalue weighted by Crippen LogP contribution is -2.29. The number of hydrogen-bond acceptors (Lipinski definition) is 4. The molecule has 0 saturated carbocycles. The van der Waals surface area contributed by atoms with Crippen molar-refractivity contribution in [2.24, 2.45) is 0 Å². The highest BCUT2D eigenvalue weighted by Gasteiger charge is 2.10. The van der Waals surface area contributed by atoms with E-state index in [1.807, 2.05) is 29.2 Å². The number of benzene rings is 1. The van der Waals surface area contributed by atoms with Gasteiger partial charge in [-0.15, -0.1) is 0 Å². The molecule has 0 atom stereocenters. The van der Waals surface area contributed by atoms with Crippen molar-refractivity contribution in [1.29, 1.82) is 0 Å². The van der Waals surface area contributed by atoms with Gasteiger partial charge in [-0.1, -0.05) is 0 Å². The molecule has 0 fully saturated rings. The van der Waals surface area contributed by atoms with E-state index >= 15 is 0 Å². The van der Waals surface area contributed by atoms with Crippen molar-refractivity contribution in [3.05, 3.63) is 36.7 Å². The Labute approximate surface area is 122 Å². The minimum Gasteiger partial charge on any atom is -0.398 e. The number of nitrogens with zero attached hydrogens (tertiary/aromatic N) is 2. The molecule has 108 valence electrons. The summed E-state index contributed by atoms with van der Waals surface area (Å²) in [5.41, 5.74) is 9.37. The standard InChI is InChI=1S/C14H18ClN3O2/c15-18-4-3-11(10-18)13-9-12(1-2-14(13)16)17(5-7-19)6-8-20/h1-4,9-10,19-20H,5-8,16H2. The fourth-order valence-corrected chi connectivity index (χ4v) is 2.29. The molecule has 4 N–H and O–H groups in total. The average molecular weight is 296 g/mol. The Morgan fingerprint density at radius 2 is 1.85 bits per heavy atom. The number of halogens is 1. The third-order valence-corrected chi connectivity index (χ3v) is 3.32. The van der Waals surface area contributed by atoms with Crippen LogP contribution in [0.1, 0.15) is 0 Å². The Morgan fingerprint density at radius 3 is 2.40 bits per heavy atom. The number of aromatic nitrogens is 1. The second kappa shape index (κ2) is 6.65. The second-order valence-corrected chi connectivity index (χ2v) is 4.84. The first kappa shape index (κ1) is 14.7. The molecule has 0 spiro atoms. The summed E-state index contributed by atoms with van der Waals surface area (Å²) in [6.45, 7) is 0.969. The number of anilines is 2. The molecule has 5 nitrogen and oxygen atoms in total. The summed E-state index contributed by atoms with van der Waals surface area (Å²) in [5.74, 6) is 0. The van der Waals surface area contributed by atoms with E-state index in [-0.39, 0.29) is 13.2 Å².